The SMILES string of the molecule is CCCCCN1C(=O)C(=O)/C(=C(/O)c2cc(C(C)C)c(OC)cc2C)C1c1ccco1. The van der Waals surface area contributed by atoms with Crippen molar-refractivity contribution in [3.05, 3.63) is 58.6 Å². The highest BCUT2D eigenvalue weighted by Crippen LogP contribution is 2.41. The number of unbranched alkanes of at least 4 members (excludes halogenated alkanes) is 2. The second kappa shape index (κ2) is 9.41. The highest BCUT2D eigenvalue weighted by Gasteiger charge is 2.47. The number of nitrogens with zero attached hydrogens (tertiary/aromatic N) is 1. The average Bonchev–Trinajstić information content (AvgIpc) is 3.35. The quantitative estimate of drug-likeness (QED) is 0.268. The summed E-state index contributed by atoms with van der Waals surface area (Å²) in [4.78, 5) is 27.4. The van der Waals surface area contributed by atoms with E-state index in [-0.39, 0.29) is 17.3 Å². The molecule has 1 saturated heterocycles. The maximum atomic E-state index is 13.0. The number of ketones is 1. The van der Waals surface area contributed by atoms with Crippen molar-refractivity contribution >= 4 is 17.4 Å². The second-order valence-electron chi connectivity index (χ2n) is 8.28. The molecule has 6 heteroatoms. The number of Topliss-reactive ketones (excluding diaryl/α,β-unsaturated/α-hetero) is 1. The number of aryl methyl sites for hydroxylation is 1. The van der Waals surface area contributed by atoms with Gasteiger partial charge in [0.1, 0.15) is 23.3 Å². The fourth-order valence-corrected chi connectivity index (χ4v) is 4.11. The summed E-state index contributed by atoms with van der Waals surface area (Å²) in [5.74, 6) is -0.121. The van der Waals surface area contributed by atoms with Crippen molar-refractivity contribution in [2.24, 2.45) is 0 Å². The number of amides is 1. The minimum atomic E-state index is -0.740. The zero-order valence-corrected chi connectivity index (χ0v) is 18.9. The van der Waals surface area contributed by atoms with Gasteiger partial charge < -0.3 is 19.2 Å². The summed E-state index contributed by atoms with van der Waals surface area (Å²) in [6.45, 7) is 8.43. The lowest BCUT2D eigenvalue weighted by molar-refractivity contribution is -0.140. The van der Waals surface area contributed by atoms with E-state index < -0.39 is 17.7 Å². The van der Waals surface area contributed by atoms with Crippen LogP contribution in [0, 0.1) is 6.92 Å². The lowest BCUT2D eigenvalue weighted by Crippen LogP contribution is -2.30. The zero-order chi connectivity index (χ0) is 22.7. The number of carbonyl (C=O) groups excluding carboxylic acids is 2. The van der Waals surface area contributed by atoms with Crippen LogP contribution < -0.4 is 4.74 Å². The van der Waals surface area contributed by atoms with E-state index in [9.17, 15) is 14.7 Å². The van der Waals surface area contributed by atoms with Crippen LogP contribution in [-0.2, 0) is 9.59 Å². The average molecular weight is 426 g/mol. The van der Waals surface area contributed by atoms with Crippen molar-refractivity contribution < 1.29 is 23.8 Å². The molecule has 0 aliphatic carbocycles. The molecule has 1 unspecified atom stereocenters. The van der Waals surface area contributed by atoms with Gasteiger partial charge in [0.25, 0.3) is 11.7 Å². The molecular weight excluding hydrogens is 394 g/mol. The molecule has 31 heavy (non-hydrogen) atoms. The third-order valence-electron chi connectivity index (χ3n) is 5.81. The molecule has 0 spiro atoms. The second-order valence-corrected chi connectivity index (χ2v) is 8.28. The molecule has 1 aromatic carbocycles. The lowest BCUT2D eigenvalue weighted by atomic mass is 9.92. The molecule has 2 heterocycles. The number of hydrogen-bond donors (Lipinski definition) is 1. The van der Waals surface area contributed by atoms with E-state index in [0.717, 1.165) is 36.1 Å². The lowest BCUT2D eigenvalue weighted by Gasteiger charge is -2.23. The van der Waals surface area contributed by atoms with E-state index in [1.54, 1.807) is 19.2 Å². The van der Waals surface area contributed by atoms with Crippen LogP contribution >= 0.6 is 0 Å². The molecule has 1 aliphatic rings. The van der Waals surface area contributed by atoms with Crippen LogP contribution in [0.1, 0.15) is 74.4 Å². The Hall–Kier alpha value is -3.02. The van der Waals surface area contributed by atoms with E-state index in [2.05, 4.69) is 6.92 Å². The van der Waals surface area contributed by atoms with Gasteiger partial charge in [-0.3, -0.25) is 9.59 Å². The first-order valence-electron chi connectivity index (χ1n) is 10.8. The normalized spacial score (nSPS) is 18.3. The van der Waals surface area contributed by atoms with E-state index in [1.807, 2.05) is 32.9 Å². The van der Waals surface area contributed by atoms with Crippen LogP contribution in [-0.4, -0.2) is 35.4 Å². The summed E-state index contributed by atoms with van der Waals surface area (Å²) >= 11 is 0. The number of aliphatic hydroxyl groups excluding tert-OH is 1. The Kier molecular flexibility index (Phi) is 6.88. The van der Waals surface area contributed by atoms with Gasteiger partial charge in [-0.15, -0.1) is 0 Å². The van der Waals surface area contributed by atoms with Gasteiger partial charge in [0.2, 0.25) is 0 Å². The Balaban J connectivity index is 2.17. The Bertz CT molecular complexity index is 988. The van der Waals surface area contributed by atoms with Gasteiger partial charge >= 0.3 is 0 Å². The smallest absolute Gasteiger partial charge is 0.295 e. The van der Waals surface area contributed by atoms with Crippen molar-refractivity contribution in [3.8, 4) is 5.75 Å². The molecule has 0 bridgehead atoms. The van der Waals surface area contributed by atoms with E-state index >= 15 is 0 Å². The molecule has 0 saturated carbocycles. The number of carbonyl (C=O) groups is 2. The van der Waals surface area contributed by atoms with Crippen LogP contribution in [0.25, 0.3) is 5.76 Å². The van der Waals surface area contributed by atoms with Gasteiger partial charge in [-0.25, -0.2) is 0 Å². The molecule has 1 amide bonds. The van der Waals surface area contributed by atoms with Crippen molar-refractivity contribution in [3.63, 3.8) is 0 Å². The molecule has 1 fully saturated rings. The van der Waals surface area contributed by atoms with Crippen LogP contribution in [0.5, 0.6) is 5.75 Å². The Labute approximate surface area is 183 Å². The number of benzene rings is 1. The van der Waals surface area contributed by atoms with E-state index in [4.69, 9.17) is 9.15 Å². The maximum absolute atomic E-state index is 13.0. The predicted molar refractivity (Wildman–Crippen MR) is 119 cm³/mol. The fourth-order valence-electron chi connectivity index (χ4n) is 4.11. The molecule has 1 N–H and O–H groups in total. The van der Waals surface area contributed by atoms with Gasteiger partial charge in [0.05, 0.1) is 18.9 Å². The summed E-state index contributed by atoms with van der Waals surface area (Å²) < 4.78 is 11.1. The monoisotopic (exact) mass is 425 g/mol. The summed E-state index contributed by atoms with van der Waals surface area (Å²) in [7, 11) is 1.61. The Morgan fingerprint density at radius 1 is 1.26 bits per heavy atom. The number of hydrogen-bond acceptors (Lipinski definition) is 5. The van der Waals surface area contributed by atoms with Crippen LogP contribution in [0.3, 0.4) is 0 Å². The highest BCUT2D eigenvalue weighted by molar-refractivity contribution is 6.46. The van der Waals surface area contributed by atoms with Crippen molar-refractivity contribution in [1.29, 1.82) is 0 Å². The number of aliphatic hydroxyl groups is 1. The Morgan fingerprint density at radius 3 is 2.58 bits per heavy atom. The van der Waals surface area contributed by atoms with Gasteiger partial charge in [-0.2, -0.15) is 0 Å². The minimum Gasteiger partial charge on any atom is -0.507 e. The van der Waals surface area contributed by atoms with E-state index in [1.165, 1.54) is 11.2 Å². The summed E-state index contributed by atoms with van der Waals surface area (Å²) in [6.07, 6.45) is 4.23. The summed E-state index contributed by atoms with van der Waals surface area (Å²) in [5, 5.41) is 11.3. The number of furan rings is 1. The first-order valence-corrected chi connectivity index (χ1v) is 10.8. The molecule has 6 nitrogen and oxygen atoms in total. The predicted octanol–water partition coefficient (Wildman–Crippen LogP) is 5.33. The van der Waals surface area contributed by atoms with E-state index in [0.29, 0.717) is 17.9 Å². The third kappa shape index (κ3) is 4.24. The third-order valence-corrected chi connectivity index (χ3v) is 5.81. The Morgan fingerprint density at radius 2 is 2.00 bits per heavy atom. The molecule has 3 rings (SSSR count). The number of rotatable bonds is 8. The zero-order valence-electron chi connectivity index (χ0n) is 18.9. The first-order chi connectivity index (χ1) is 14.8. The number of likely N-dealkylation sites (tertiary alicyclic amines) is 1. The topological polar surface area (TPSA) is 80.0 Å². The largest absolute Gasteiger partial charge is 0.507 e. The van der Waals surface area contributed by atoms with Gasteiger partial charge in [0, 0.05) is 12.1 Å². The summed E-state index contributed by atoms with van der Waals surface area (Å²) in [6, 6.07) is 6.41. The molecular formula is C25H31NO5. The van der Waals surface area contributed by atoms with Crippen molar-refractivity contribution in [2.45, 2.75) is 58.9 Å². The molecule has 1 aliphatic heterocycles. The highest BCUT2D eigenvalue weighted by atomic mass is 16.5. The molecule has 2 aromatic rings. The standard InChI is InChI=1S/C25H31NO5/c1-6-7-8-11-26-22(19-10-9-12-31-19)21(24(28)25(26)29)23(27)18-14-17(15(2)3)20(30-5)13-16(18)4/h9-10,12-15,22,27H,6-8,11H2,1-5H3/b23-21+. The summed E-state index contributed by atoms with van der Waals surface area (Å²) in [5.41, 5.74) is 2.27. The molecule has 1 atom stereocenters. The van der Waals surface area contributed by atoms with Crippen LogP contribution in [0.4, 0.5) is 0 Å². The van der Waals surface area contributed by atoms with Gasteiger partial charge in [-0.1, -0.05) is 33.6 Å². The first kappa shape index (κ1) is 22.7. The van der Waals surface area contributed by atoms with Crippen LogP contribution in [0.2, 0.25) is 0 Å². The van der Waals surface area contributed by atoms with Gasteiger partial charge in [0.15, 0.2) is 0 Å². The molecule has 1 aromatic heterocycles. The number of ether oxygens (including phenoxy) is 1. The minimum absolute atomic E-state index is 0.0689. The van der Waals surface area contributed by atoms with Crippen molar-refractivity contribution in [2.75, 3.05) is 13.7 Å². The number of methoxy groups -OCH3 is 1. The molecule has 166 valence electrons. The van der Waals surface area contributed by atoms with Crippen molar-refractivity contribution in [1.82, 2.24) is 4.90 Å². The fraction of sp³-hybridized carbons (Fsp3) is 0.440. The molecule has 0 radical (unpaired) electrons. The van der Waals surface area contributed by atoms with Gasteiger partial charge in [-0.05, 0) is 54.7 Å². The van der Waals surface area contributed by atoms with Crippen LogP contribution in [0.15, 0.2) is 40.5 Å². The maximum Gasteiger partial charge on any atom is 0.295 e.